The number of amides is 1. The van der Waals surface area contributed by atoms with Gasteiger partial charge < -0.3 is 14.5 Å². The minimum Gasteiger partial charge on any atom is -0.465 e. The Kier molecular flexibility index (Phi) is 7.46. The number of carbonyl (C=O) groups excluding carboxylic acids is 2. The van der Waals surface area contributed by atoms with Crippen LogP contribution < -0.4 is 5.32 Å². The number of carbonyl (C=O) groups is 2. The monoisotopic (exact) mass is 454 g/mol. The van der Waals surface area contributed by atoms with E-state index in [0.717, 1.165) is 35.2 Å². The van der Waals surface area contributed by atoms with Crippen LogP contribution in [0.15, 0.2) is 33.2 Å². The van der Waals surface area contributed by atoms with Crippen LogP contribution in [0.1, 0.15) is 19.2 Å². The van der Waals surface area contributed by atoms with Gasteiger partial charge in [-0.2, -0.15) is 0 Å². The number of anilines is 1. The van der Waals surface area contributed by atoms with Gasteiger partial charge >= 0.3 is 5.97 Å². The second kappa shape index (κ2) is 10.3. The largest absolute Gasteiger partial charge is 0.465 e. The Labute approximate surface area is 178 Å². The summed E-state index contributed by atoms with van der Waals surface area (Å²) < 4.78 is 38.3. The Morgan fingerprint density at radius 3 is 2.77 bits per heavy atom. The molecule has 0 bridgehead atoms. The SMILES string of the molecule is CCOC(=O)CSc1nnc(NC(=O)CCc2ncc(-c3c(F)cccc3F)o2)s1. The van der Waals surface area contributed by atoms with Crippen LogP contribution in [0.25, 0.3) is 11.3 Å². The zero-order valence-corrected chi connectivity index (χ0v) is 17.3. The molecule has 2 aromatic heterocycles. The molecule has 0 spiro atoms. The first kappa shape index (κ1) is 21.8. The van der Waals surface area contributed by atoms with Crippen LogP contribution >= 0.6 is 23.1 Å². The van der Waals surface area contributed by atoms with Gasteiger partial charge in [-0.3, -0.25) is 9.59 Å². The molecule has 1 amide bonds. The minimum atomic E-state index is -0.761. The lowest BCUT2D eigenvalue weighted by molar-refractivity contribution is -0.139. The topological polar surface area (TPSA) is 107 Å². The highest BCUT2D eigenvalue weighted by molar-refractivity contribution is 8.01. The Morgan fingerprint density at radius 1 is 1.27 bits per heavy atom. The van der Waals surface area contributed by atoms with E-state index in [2.05, 4.69) is 20.5 Å². The first-order valence-corrected chi connectivity index (χ1v) is 10.6. The molecule has 1 N–H and O–H groups in total. The normalized spacial score (nSPS) is 10.8. The van der Waals surface area contributed by atoms with Crippen molar-refractivity contribution in [2.45, 2.75) is 24.1 Å². The van der Waals surface area contributed by atoms with Gasteiger partial charge in [0.25, 0.3) is 0 Å². The second-order valence-electron chi connectivity index (χ2n) is 5.73. The molecule has 3 aromatic rings. The van der Waals surface area contributed by atoms with Gasteiger partial charge in [-0.1, -0.05) is 29.2 Å². The van der Waals surface area contributed by atoms with E-state index in [0.29, 0.717) is 10.9 Å². The number of hydrogen-bond donors (Lipinski definition) is 1. The standard InChI is InChI=1S/C18H16F2N4O4S2/c1-2-27-15(26)9-29-18-24-23-17(30-18)22-13(25)6-7-14-21-8-12(28-14)16-10(19)4-3-5-11(16)20/h3-5,8H,2,6-7,9H2,1H3,(H,22,23,25). The number of halogens is 2. The maximum atomic E-state index is 13.8. The highest BCUT2D eigenvalue weighted by Crippen LogP contribution is 2.27. The van der Waals surface area contributed by atoms with Crippen LogP contribution in [-0.4, -0.2) is 39.4 Å². The third-order valence-electron chi connectivity index (χ3n) is 3.60. The van der Waals surface area contributed by atoms with E-state index >= 15 is 0 Å². The second-order valence-corrected chi connectivity index (χ2v) is 7.93. The maximum absolute atomic E-state index is 13.8. The lowest BCUT2D eigenvalue weighted by Gasteiger charge is -2.01. The third-order valence-corrected chi connectivity index (χ3v) is 5.55. The van der Waals surface area contributed by atoms with Crippen molar-refractivity contribution in [1.29, 1.82) is 0 Å². The van der Waals surface area contributed by atoms with E-state index in [-0.39, 0.29) is 52.8 Å². The van der Waals surface area contributed by atoms with Gasteiger partial charge in [0.05, 0.1) is 24.1 Å². The molecule has 0 radical (unpaired) electrons. The summed E-state index contributed by atoms with van der Waals surface area (Å²) in [5.74, 6) is -2.01. The van der Waals surface area contributed by atoms with Crippen molar-refractivity contribution >= 4 is 40.1 Å². The average Bonchev–Trinajstić information content (AvgIpc) is 3.34. The zero-order chi connectivity index (χ0) is 21.5. The number of hydrogen-bond acceptors (Lipinski definition) is 9. The first-order valence-electron chi connectivity index (χ1n) is 8.77. The van der Waals surface area contributed by atoms with Crippen molar-refractivity contribution in [3.05, 3.63) is 41.9 Å². The molecule has 0 atom stereocenters. The number of rotatable bonds is 9. The summed E-state index contributed by atoms with van der Waals surface area (Å²) in [6.07, 6.45) is 1.36. The van der Waals surface area contributed by atoms with E-state index in [1.807, 2.05) is 0 Å². The van der Waals surface area contributed by atoms with Crippen LogP contribution in [0.5, 0.6) is 0 Å². The summed E-state index contributed by atoms with van der Waals surface area (Å²) >= 11 is 2.29. The number of nitrogens with zero attached hydrogens (tertiary/aromatic N) is 3. The smallest absolute Gasteiger partial charge is 0.316 e. The number of esters is 1. The lowest BCUT2D eigenvalue weighted by Crippen LogP contribution is -2.12. The van der Waals surface area contributed by atoms with Gasteiger partial charge in [0.2, 0.25) is 11.0 Å². The fraction of sp³-hybridized carbons (Fsp3) is 0.278. The van der Waals surface area contributed by atoms with Crippen LogP contribution in [-0.2, 0) is 20.7 Å². The van der Waals surface area contributed by atoms with Crippen molar-refractivity contribution in [1.82, 2.24) is 15.2 Å². The van der Waals surface area contributed by atoms with Crippen LogP contribution in [0.4, 0.5) is 13.9 Å². The molecule has 3 rings (SSSR count). The Hall–Kier alpha value is -2.86. The number of benzene rings is 1. The Balaban J connectivity index is 1.50. The molecule has 0 fully saturated rings. The van der Waals surface area contributed by atoms with Crippen LogP contribution in [0.2, 0.25) is 0 Å². The number of oxazole rings is 1. The summed E-state index contributed by atoms with van der Waals surface area (Å²) in [7, 11) is 0. The van der Waals surface area contributed by atoms with Crippen LogP contribution in [0, 0.1) is 11.6 Å². The average molecular weight is 454 g/mol. The molecule has 0 saturated carbocycles. The number of thioether (sulfide) groups is 1. The summed E-state index contributed by atoms with van der Waals surface area (Å²) in [5, 5.41) is 10.6. The zero-order valence-electron chi connectivity index (χ0n) is 15.7. The van der Waals surface area contributed by atoms with Crippen molar-refractivity contribution < 1.29 is 27.5 Å². The molecule has 0 aliphatic rings. The van der Waals surface area contributed by atoms with Gasteiger partial charge in [-0.15, -0.1) is 10.2 Å². The third kappa shape index (κ3) is 5.83. The lowest BCUT2D eigenvalue weighted by atomic mass is 10.1. The predicted molar refractivity (Wildman–Crippen MR) is 106 cm³/mol. The quantitative estimate of drug-likeness (QED) is 0.296. The molecule has 8 nitrogen and oxygen atoms in total. The van der Waals surface area contributed by atoms with Crippen LogP contribution in [0.3, 0.4) is 0 Å². The fourth-order valence-corrected chi connectivity index (χ4v) is 3.88. The highest BCUT2D eigenvalue weighted by Gasteiger charge is 2.17. The number of aryl methyl sites for hydroxylation is 1. The summed E-state index contributed by atoms with van der Waals surface area (Å²) in [6, 6.07) is 3.49. The van der Waals surface area contributed by atoms with Gasteiger partial charge in [-0.25, -0.2) is 13.8 Å². The van der Waals surface area contributed by atoms with Gasteiger partial charge in [0.15, 0.2) is 16.0 Å². The molecule has 0 aliphatic heterocycles. The van der Waals surface area contributed by atoms with E-state index in [1.54, 1.807) is 6.92 Å². The van der Waals surface area contributed by atoms with Gasteiger partial charge in [0, 0.05) is 12.8 Å². The summed E-state index contributed by atoms with van der Waals surface area (Å²) in [5.41, 5.74) is -0.303. The number of aromatic nitrogens is 3. The number of nitrogens with one attached hydrogen (secondary N) is 1. The van der Waals surface area contributed by atoms with Crippen molar-refractivity contribution in [3.8, 4) is 11.3 Å². The minimum absolute atomic E-state index is 0.0184. The first-order chi connectivity index (χ1) is 14.5. The molecular formula is C18H16F2N4O4S2. The summed E-state index contributed by atoms with van der Waals surface area (Å²) in [6.45, 7) is 2.02. The molecule has 0 saturated heterocycles. The molecule has 12 heteroatoms. The Morgan fingerprint density at radius 2 is 2.03 bits per heavy atom. The van der Waals surface area contributed by atoms with Gasteiger partial charge in [0.1, 0.15) is 11.6 Å². The molecule has 0 unspecified atom stereocenters. The molecule has 158 valence electrons. The van der Waals surface area contributed by atoms with E-state index in [4.69, 9.17) is 9.15 Å². The molecule has 2 heterocycles. The van der Waals surface area contributed by atoms with Crippen molar-refractivity contribution in [3.63, 3.8) is 0 Å². The van der Waals surface area contributed by atoms with Crippen molar-refractivity contribution in [2.75, 3.05) is 17.7 Å². The van der Waals surface area contributed by atoms with E-state index in [9.17, 15) is 18.4 Å². The molecule has 1 aromatic carbocycles. The summed E-state index contributed by atoms with van der Waals surface area (Å²) in [4.78, 5) is 27.4. The number of ether oxygens (including phenoxy) is 1. The molecule has 0 aliphatic carbocycles. The highest BCUT2D eigenvalue weighted by atomic mass is 32.2. The van der Waals surface area contributed by atoms with E-state index < -0.39 is 11.6 Å². The van der Waals surface area contributed by atoms with Crippen molar-refractivity contribution in [2.24, 2.45) is 0 Å². The maximum Gasteiger partial charge on any atom is 0.316 e. The predicted octanol–water partition coefficient (Wildman–Crippen LogP) is 3.70. The van der Waals surface area contributed by atoms with Gasteiger partial charge in [-0.05, 0) is 19.1 Å². The Bertz CT molecular complexity index is 1020. The fourth-order valence-electron chi connectivity index (χ4n) is 2.32. The molecular weight excluding hydrogens is 438 g/mol. The molecule has 30 heavy (non-hydrogen) atoms. The van der Waals surface area contributed by atoms with E-state index in [1.165, 1.54) is 12.3 Å².